The summed E-state index contributed by atoms with van der Waals surface area (Å²) in [5.41, 5.74) is 2.56. The van der Waals surface area contributed by atoms with Gasteiger partial charge in [-0.2, -0.15) is 5.10 Å². The zero-order valence-electron chi connectivity index (χ0n) is 12.5. The van der Waals surface area contributed by atoms with Gasteiger partial charge in [0.1, 0.15) is 11.5 Å². The molecule has 1 aromatic carbocycles. The first-order valence-electron chi connectivity index (χ1n) is 6.95. The molecule has 25 heavy (non-hydrogen) atoms. The van der Waals surface area contributed by atoms with Crippen LogP contribution < -0.4 is 5.43 Å². The number of nitrogens with zero attached hydrogens (tertiary/aromatic N) is 2. The number of benzene rings is 1. The van der Waals surface area contributed by atoms with E-state index >= 15 is 0 Å². The molecule has 0 aliphatic carbocycles. The van der Waals surface area contributed by atoms with Gasteiger partial charge < -0.3 is 8.83 Å². The number of halogens is 1. The molecule has 0 aliphatic heterocycles. The third kappa shape index (κ3) is 3.75. The molecule has 3 rings (SSSR count). The second-order valence-electron chi connectivity index (χ2n) is 4.80. The van der Waals surface area contributed by atoms with Crippen molar-refractivity contribution in [1.82, 2.24) is 5.43 Å². The number of non-ortho nitro benzene ring substituents is 1. The normalized spacial score (nSPS) is 10.9. The average molecular weight is 360 g/mol. The van der Waals surface area contributed by atoms with E-state index in [1.165, 1.54) is 36.7 Å². The highest BCUT2D eigenvalue weighted by molar-refractivity contribution is 6.33. The molecule has 0 saturated carbocycles. The Morgan fingerprint density at radius 3 is 2.84 bits per heavy atom. The average Bonchev–Trinajstić information content (AvgIpc) is 3.27. The number of carbonyl (C=O) groups is 1. The van der Waals surface area contributed by atoms with Gasteiger partial charge in [0.15, 0.2) is 5.76 Å². The SMILES string of the molecule is O=C(NN=Cc1ccc(-c2cc([N+](=O)[O-])ccc2Cl)o1)c1ccco1. The number of nitro benzene ring substituents is 1. The molecule has 2 aromatic heterocycles. The standard InChI is InChI=1S/C16H10ClN3O5/c17-13-5-3-10(20(22)23)8-12(13)14-6-4-11(25-14)9-18-19-16(21)15-2-1-7-24-15/h1-9H,(H,19,21). The van der Waals surface area contributed by atoms with Gasteiger partial charge in [0.05, 0.1) is 22.4 Å². The summed E-state index contributed by atoms with van der Waals surface area (Å²) in [5.74, 6) is 0.292. The van der Waals surface area contributed by atoms with Gasteiger partial charge >= 0.3 is 5.91 Å². The lowest BCUT2D eigenvalue weighted by atomic mass is 10.1. The molecule has 1 amide bonds. The van der Waals surface area contributed by atoms with Crippen molar-refractivity contribution in [3.8, 4) is 11.3 Å². The lowest BCUT2D eigenvalue weighted by Gasteiger charge is -2.00. The number of rotatable bonds is 5. The number of amides is 1. The zero-order valence-corrected chi connectivity index (χ0v) is 13.3. The van der Waals surface area contributed by atoms with Gasteiger partial charge in [-0.3, -0.25) is 14.9 Å². The summed E-state index contributed by atoms with van der Waals surface area (Å²) < 4.78 is 10.5. The molecule has 0 saturated heterocycles. The summed E-state index contributed by atoms with van der Waals surface area (Å²) in [5, 5.41) is 14.9. The largest absolute Gasteiger partial charge is 0.459 e. The van der Waals surface area contributed by atoms with Gasteiger partial charge in [-0.05, 0) is 30.3 Å². The fraction of sp³-hybridized carbons (Fsp3) is 0. The molecule has 1 N–H and O–H groups in total. The minimum absolute atomic E-state index is 0.100. The van der Waals surface area contributed by atoms with E-state index in [0.717, 1.165) is 0 Å². The molecule has 126 valence electrons. The third-order valence-electron chi connectivity index (χ3n) is 3.16. The molecule has 0 unspecified atom stereocenters. The molecule has 8 nitrogen and oxygen atoms in total. The van der Waals surface area contributed by atoms with E-state index in [1.54, 1.807) is 18.2 Å². The number of hydrogen-bond donors (Lipinski definition) is 1. The van der Waals surface area contributed by atoms with Gasteiger partial charge in [-0.25, -0.2) is 5.43 Å². The number of nitro groups is 1. The van der Waals surface area contributed by atoms with E-state index in [4.69, 9.17) is 20.4 Å². The first-order chi connectivity index (χ1) is 12.0. The van der Waals surface area contributed by atoms with Crippen LogP contribution in [-0.4, -0.2) is 17.0 Å². The van der Waals surface area contributed by atoms with Crippen molar-refractivity contribution in [2.45, 2.75) is 0 Å². The molecule has 0 bridgehead atoms. The van der Waals surface area contributed by atoms with Gasteiger partial charge in [-0.1, -0.05) is 11.6 Å². The van der Waals surface area contributed by atoms with Crippen molar-refractivity contribution in [3.63, 3.8) is 0 Å². The Bertz CT molecular complexity index is 947. The topological polar surface area (TPSA) is 111 Å². The van der Waals surface area contributed by atoms with Crippen molar-refractivity contribution in [3.05, 3.63) is 75.4 Å². The van der Waals surface area contributed by atoms with Crippen LogP contribution in [0.15, 0.2) is 62.7 Å². The predicted octanol–water partition coefficient (Wildman–Crippen LogP) is 3.87. The van der Waals surface area contributed by atoms with Crippen LogP contribution >= 0.6 is 11.6 Å². The van der Waals surface area contributed by atoms with Gasteiger partial charge in [-0.15, -0.1) is 0 Å². The molecule has 0 atom stereocenters. The second kappa shape index (κ2) is 7.02. The monoisotopic (exact) mass is 359 g/mol. The van der Waals surface area contributed by atoms with E-state index in [1.807, 2.05) is 0 Å². The van der Waals surface area contributed by atoms with E-state index in [0.29, 0.717) is 22.1 Å². The van der Waals surface area contributed by atoms with Crippen LogP contribution in [0.25, 0.3) is 11.3 Å². The number of hydrogen-bond acceptors (Lipinski definition) is 6. The van der Waals surface area contributed by atoms with Gasteiger partial charge in [0, 0.05) is 17.7 Å². The highest BCUT2D eigenvalue weighted by Crippen LogP contribution is 2.32. The summed E-state index contributed by atoms with van der Waals surface area (Å²) in [6.07, 6.45) is 2.66. The highest BCUT2D eigenvalue weighted by Gasteiger charge is 2.14. The quantitative estimate of drug-likeness (QED) is 0.422. The van der Waals surface area contributed by atoms with Crippen LogP contribution in [0.4, 0.5) is 5.69 Å². The zero-order chi connectivity index (χ0) is 17.8. The number of furan rings is 2. The Hall–Kier alpha value is -3.39. The van der Waals surface area contributed by atoms with Crippen molar-refractivity contribution in [2.75, 3.05) is 0 Å². The first-order valence-corrected chi connectivity index (χ1v) is 7.33. The smallest absolute Gasteiger partial charge is 0.307 e. The van der Waals surface area contributed by atoms with E-state index in [2.05, 4.69) is 10.5 Å². The first kappa shape index (κ1) is 16.5. The van der Waals surface area contributed by atoms with Crippen LogP contribution in [0.5, 0.6) is 0 Å². The third-order valence-corrected chi connectivity index (χ3v) is 3.49. The van der Waals surface area contributed by atoms with Gasteiger partial charge in [0.2, 0.25) is 0 Å². The Kier molecular flexibility index (Phi) is 4.62. The van der Waals surface area contributed by atoms with Crippen LogP contribution in [0, 0.1) is 10.1 Å². The fourth-order valence-corrected chi connectivity index (χ4v) is 2.21. The molecule has 0 spiro atoms. The maximum absolute atomic E-state index is 11.6. The van der Waals surface area contributed by atoms with Crippen LogP contribution in [-0.2, 0) is 0 Å². The van der Waals surface area contributed by atoms with E-state index < -0.39 is 10.8 Å². The highest BCUT2D eigenvalue weighted by atomic mass is 35.5. The van der Waals surface area contributed by atoms with Gasteiger partial charge in [0.25, 0.3) is 5.69 Å². The Morgan fingerprint density at radius 1 is 1.28 bits per heavy atom. The minimum atomic E-state index is -0.519. The van der Waals surface area contributed by atoms with Crippen molar-refractivity contribution >= 4 is 29.4 Å². The Morgan fingerprint density at radius 2 is 2.12 bits per heavy atom. The summed E-state index contributed by atoms with van der Waals surface area (Å²) >= 11 is 6.06. The summed E-state index contributed by atoms with van der Waals surface area (Å²) in [6.45, 7) is 0. The Labute approximate surface area is 145 Å². The minimum Gasteiger partial charge on any atom is -0.459 e. The molecule has 0 radical (unpaired) electrons. The lowest BCUT2D eigenvalue weighted by Crippen LogP contribution is -2.16. The van der Waals surface area contributed by atoms with Crippen molar-refractivity contribution < 1.29 is 18.6 Å². The lowest BCUT2D eigenvalue weighted by molar-refractivity contribution is -0.384. The second-order valence-corrected chi connectivity index (χ2v) is 5.21. The van der Waals surface area contributed by atoms with Crippen molar-refractivity contribution in [1.29, 1.82) is 0 Å². The van der Waals surface area contributed by atoms with E-state index in [-0.39, 0.29) is 11.4 Å². The molecular formula is C16H10ClN3O5. The van der Waals surface area contributed by atoms with E-state index in [9.17, 15) is 14.9 Å². The van der Waals surface area contributed by atoms with Crippen LogP contribution in [0.2, 0.25) is 5.02 Å². The molecule has 2 heterocycles. The van der Waals surface area contributed by atoms with Crippen molar-refractivity contribution in [2.24, 2.45) is 5.10 Å². The number of nitrogens with one attached hydrogen (secondary N) is 1. The maximum Gasteiger partial charge on any atom is 0.307 e. The molecule has 9 heteroatoms. The summed E-state index contributed by atoms with van der Waals surface area (Å²) in [7, 11) is 0. The molecular weight excluding hydrogens is 350 g/mol. The Balaban J connectivity index is 1.74. The maximum atomic E-state index is 11.6. The number of carbonyl (C=O) groups excluding carboxylic acids is 1. The molecule has 3 aromatic rings. The van der Waals surface area contributed by atoms with Crippen LogP contribution in [0.1, 0.15) is 16.3 Å². The predicted molar refractivity (Wildman–Crippen MR) is 89.6 cm³/mol. The fourth-order valence-electron chi connectivity index (χ4n) is 2.00. The summed E-state index contributed by atoms with van der Waals surface area (Å²) in [4.78, 5) is 22.0. The molecule has 0 fully saturated rings. The summed E-state index contributed by atoms with van der Waals surface area (Å²) in [6, 6.07) is 10.3. The van der Waals surface area contributed by atoms with Crippen LogP contribution in [0.3, 0.4) is 0 Å². The molecule has 0 aliphatic rings. The number of hydrazone groups is 1.